The van der Waals surface area contributed by atoms with Crippen LogP contribution in [0.15, 0.2) is 18.2 Å². The Balaban J connectivity index is 1.91. The van der Waals surface area contributed by atoms with Gasteiger partial charge in [0.15, 0.2) is 0 Å². The molecule has 0 heterocycles. The van der Waals surface area contributed by atoms with Crippen molar-refractivity contribution in [3.8, 4) is 0 Å². The zero-order valence-electron chi connectivity index (χ0n) is 10.9. The van der Waals surface area contributed by atoms with Crippen molar-refractivity contribution < 1.29 is 19.0 Å². The third-order valence-corrected chi connectivity index (χ3v) is 3.47. The normalized spacial score (nSPS) is 18.6. The molecule has 5 heteroatoms. The van der Waals surface area contributed by atoms with Gasteiger partial charge in [0.1, 0.15) is 11.6 Å². The van der Waals surface area contributed by atoms with Crippen LogP contribution in [0.1, 0.15) is 24.5 Å². The van der Waals surface area contributed by atoms with Crippen molar-refractivity contribution in [2.75, 3.05) is 20.1 Å². The van der Waals surface area contributed by atoms with Gasteiger partial charge in [-0.15, -0.1) is 0 Å². The van der Waals surface area contributed by atoms with E-state index in [1.54, 1.807) is 11.9 Å². The maximum atomic E-state index is 13.5. The first-order valence-corrected chi connectivity index (χ1v) is 6.47. The summed E-state index contributed by atoms with van der Waals surface area (Å²) in [6.45, 7) is 0.586. The minimum Gasteiger partial charge on any atom is -0.392 e. The zero-order chi connectivity index (χ0) is 14.0. The number of halogens is 2. The van der Waals surface area contributed by atoms with Gasteiger partial charge in [0, 0.05) is 18.7 Å². The van der Waals surface area contributed by atoms with Gasteiger partial charge >= 0.3 is 0 Å². The lowest BCUT2D eigenvalue weighted by Gasteiger charge is -2.23. The summed E-state index contributed by atoms with van der Waals surface area (Å²) >= 11 is 0. The fraction of sp³-hybridized carbons (Fsp3) is 0.571. The highest BCUT2D eigenvalue weighted by Gasteiger charge is 2.30. The molecule has 2 rings (SSSR count). The van der Waals surface area contributed by atoms with E-state index in [0.717, 1.165) is 31.0 Å². The molecule has 1 fully saturated rings. The number of likely N-dealkylation sites (N-methyl/N-ethyl adjacent to an activating group) is 1. The third kappa shape index (κ3) is 3.96. The van der Waals surface area contributed by atoms with Crippen molar-refractivity contribution in [1.82, 2.24) is 4.90 Å². The average molecular weight is 271 g/mol. The molecule has 0 saturated heterocycles. The second-order valence-electron chi connectivity index (χ2n) is 5.31. The van der Waals surface area contributed by atoms with Crippen LogP contribution in [-0.2, 0) is 0 Å². The van der Waals surface area contributed by atoms with E-state index < -0.39 is 23.8 Å². The molecule has 1 aliphatic carbocycles. The number of rotatable bonds is 6. The Morgan fingerprint density at radius 2 is 1.95 bits per heavy atom. The Bertz CT molecular complexity index is 437. The average Bonchev–Trinajstić information content (AvgIpc) is 3.15. The van der Waals surface area contributed by atoms with Crippen LogP contribution in [0, 0.1) is 17.6 Å². The highest BCUT2D eigenvalue weighted by atomic mass is 19.1. The molecule has 1 aromatic rings. The maximum absolute atomic E-state index is 13.5. The van der Waals surface area contributed by atoms with Crippen LogP contribution < -0.4 is 0 Å². The molecule has 2 unspecified atom stereocenters. The molecule has 2 atom stereocenters. The highest BCUT2D eigenvalue weighted by Crippen LogP contribution is 2.32. The fourth-order valence-corrected chi connectivity index (χ4v) is 2.19. The van der Waals surface area contributed by atoms with E-state index >= 15 is 0 Å². The zero-order valence-corrected chi connectivity index (χ0v) is 10.9. The van der Waals surface area contributed by atoms with E-state index in [-0.39, 0.29) is 12.1 Å². The maximum Gasteiger partial charge on any atom is 0.129 e. The third-order valence-electron chi connectivity index (χ3n) is 3.47. The molecule has 1 aliphatic rings. The van der Waals surface area contributed by atoms with Crippen LogP contribution in [0.25, 0.3) is 0 Å². The molecule has 19 heavy (non-hydrogen) atoms. The number of aliphatic hydroxyl groups excluding tert-OH is 2. The summed E-state index contributed by atoms with van der Waals surface area (Å²) in [4.78, 5) is 1.73. The van der Waals surface area contributed by atoms with Crippen LogP contribution in [0.4, 0.5) is 8.78 Å². The van der Waals surface area contributed by atoms with Gasteiger partial charge in [-0.05, 0) is 44.0 Å². The van der Waals surface area contributed by atoms with Gasteiger partial charge in [0.05, 0.1) is 12.2 Å². The van der Waals surface area contributed by atoms with Crippen molar-refractivity contribution in [3.63, 3.8) is 0 Å². The summed E-state index contributed by atoms with van der Waals surface area (Å²) in [7, 11) is 1.74. The Morgan fingerprint density at radius 1 is 1.26 bits per heavy atom. The smallest absolute Gasteiger partial charge is 0.129 e. The minimum absolute atomic E-state index is 0.0484. The van der Waals surface area contributed by atoms with Crippen molar-refractivity contribution in [2.24, 2.45) is 5.92 Å². The van der Waals surface area contributed by atoms with Crippen LogP contribution in [-0.4, -0.2) is 41.4 Å². The van der Waals surface area contributed by atoms with E-state index in [2.05, 4.69) is 0 Å². The molecule has 2 N–H and O–H groups in total. The van der Waals surface area contributed by atoms with Crippen LogP contribution in [0.5, 0.6) is 0 Å². The second kappa shape index (κ2) is 5.94. The van der Waals surface area contributed by atoms with E-state index in [1.165, 1.54) is 0 Å². The predicted octanol–water partition coefficient (Wildman–Crippen LogP) is 1.70. The molecule has 1 aromatic carbocycles. The topological polar surface area (TPSA) is 43.7 Å². The molecule has 3 nitrogen and oxygen atoms in total. The van der Waals surface area contributed by atoms with E-state index in [1.807, 2.05) is 0 Å². The largest absolute Gasteiger partial charge is 0.392 e. The Morgan fingerprint density at radius 3 is 2.58 bits per heavy atom. The standard InChI is InChI=1S/C14H19F2NO2/c1-17(7-13(18)9-2-3-9)8-14(19)11-6-10(15)4-5-12(11)16/h4-6,9,13-14,18-19H,2-3,7-8H2,1H3. The molecule has 106 valence electrons. The lowest BCUT2D eigenvalue weighted by molar-refractivity contribution is 0.0719. The predicted molar refractivity (Wildman–Crippen MR) is 67.5 cm³/mol. The monoisotopic (exact) mass is 271 g/mol. The van der Waals surface area contributed by atoms with Gasteiger partial charge in [-0.3, -0.25) is 0 Å². The number of hydrogen-bond acceptors (Lipinski definition) is 3. The van der Waals surface area contributed by atoms with Crippen molar-refractivity contribution in [2.45, 2.75) is 25.0 Å². The number of benzene rings is 1. The van der Waals surface area contributed by atoms with Gasteiger partial charge in [0.25, 0.3) is 0 Å². The summed E-state index contributed by atoms with van der Waals surface area (Å²) in [6.07, 6.45) is 0.563. The lowest BCUT2D eigenvalue weighted by atomic mass is 10.1. The molecule has 1 saturated carbocycles. The SMILES string of the molecule is CN(CC(O)c1cc(F)ccc1F)CC(O)C1CC1. The highest BCUT2D eigenvalue weighted by molar-refractivity contribution is 5.21. The van der Waals surface area contributed by atoms with Crippen LogP contribution in [0.2, 0.25) is 0 Å². The first-order chi connectivity index (χ1) is 8.97. The Hall–Kier alpha value is -1.04. The van der Waals surface area contributed by atoms with Crippen molar-refractivity contribution in [3.05, 3.63) is 35.4 Å². The summed E-state index contributed by atoms with van der Waals surface area (Å²) in [5, 5.41) is 19.7. The van der Waals surface area contributed by atoms with Crippen molar-refractivity contribution in [1.29, 1.82) is 0 Å². The number of hydrogen-bond donors (Lipinski definition) is 2. The van der Waals surface area contributed by atoms with E-state index in [0.29, 0.717) is 12.5 Å². The Kier molecular flexibility index (Phi) is 4.50. The molecular weight excluding hydrogens is 252 g/mol. The van der Waals surface area contributed by atoms with E-state index in [4.69, 9.17) is 0 Å². The Labute approximate surface area is 111 Å². The molecule has 0 bridgehead atoms. The summed E-state index contributed by atoms with van der Waals surface area (Å²) in [6, 6.07) is 3.03. The van der Waals surface area contributed by atoms with Crippen LogP contribution >= 0.6 is 0 Å². The van der Waals surface area contributed by atoms with Gasteiger partial charge in [-0.25, -0.2) is 8.78 Å². The number of aliphatic hydroxyl groups is 2. The molecular formula is C14H19F2NO2. The van der Waals surface area contributed by atoms with Crippen LogP contribution in [0.3, 0.4) is 0 Å². The van der Waals surface area contributed by atoms with Gasteiger partial charge in [0.2, 0.25) is 0 Å². The molecule has 0 spiro atoms. The van der Waals surface area contributed by atoms with E-state index in [9.17, 15) is 19.0 Å². The quantitative estimate of drug-likeness (QED) is 0.827. The molecule has 0 aliphatic heterocycles. The van der Waals surface area contributed by atoms with Crippen molar-refractivity contribution >= 4 is 0 Å². The fourth-order valence-electron chi connectivity index (χ4n) is 2.19. The lowest BCUT2D eigenvalue weighted by Crippen LogP contribution is -2.33. The first kappa shape index (κ1) is 14.4. The molecule has 0 amide bonds. The number of nitrogens with zero attached hydrogens (tertiary/aromatic N) is 1. The summed E-state index contributed by atoms with van der Waals surface area (Å²) in [5.41, 5.74) is -0.0484. The summed E-state index contributed by atoms with van der Waals surface area (Å²) < 4.78 is 26.5. The first-order valence-electron chi connectivity index (χ1n) is 6.47. The molecule has 0 radical (unpaired) electrons. The van der Waals surface area contributed by atoms with Gasteiger partial charge < -0.3 is 15.1 Å². The van der Waals surface area contributed by atoms with Gasteiger partial charge in [-0.2, -0.15) is 0 Å². The summed E-state index contributed by atoms with van der Waals surface area (Å²) in [5.74, 6) is -0.841. The second-order valence-corrected chi connectivity index (χ2v) is 5.31. The minimum atomic E-state index is -1.10. The van der Waals surface area contributed by atoms with Gasteiger partial charge in [-0.1, -0.05) is 0 Å². The molecule has 0 aromatic heterocycles.